The molecule has 2 aliphatic carbocycles. The number of rotatable bonds is 5. The lowest BCUT2D eigenvalue weighted by molar-refractivity contribution is 0.120. The number of piperazine rings is 1. The molecule has 150 valence electrons. The highest BCUT2D eigenvalue weighted by Gasteiger charge is 2.24. The van der Waals surface area contributed by atoms with Crippen LogP contribution in [0.1, 0.15) is 47.5 Å². The largest absolute Gasteiger partial charge is 0.361 e. The van der Waals surface area contributed by atoms with Gasteiger partial charge >= 0.3 is 0 Å². The predicted octanol–water partition coefficient (Wildman–Crippen LogP) is 1.42. The van der Waals surface area contributed by atoms with Crippen LogP contribution in [-0.4, -0.2) is 57.5 Å². The molecule has 1 saturated heterocycles. The molecule has 0 N–H and O–H groups in total. The Labute approximate surface area is 165 Å². The van der Waals surface area contributed by atoms with E-state index in [1.807, 2.05) is 6.07 Å². The van der Waals surface area contributed by atoms with Gasteiger partial charge in [-0.1, -0.05) is 5.16 Å². The molecule has 3 heterocycles. The molecule has 0 amide bonds. The molecule has 7 nitrogen and oxygen atoms in total. The van der Waals surface area contributed by atoms with E-state index in [1.165, 1.54) is 30.4 Å². The van der Waals surface area contributed by atoms with Crippen LogP contribution in [0.15, 0.2) is 15.4 Å². The third kappa shape index (κ3) is 3.65. The molecule has 1 fully saturated rings. The summed E-state index contributed by atoms with van der Waals surface area (Å²) in [4.78, 5) is 17.3. The molecule has 0 saturated carbocycles. The topological polar surface area (TPSA) is 67.4 Å². The molecule has 0 aromatic carbocycles. The van der Waals surface area contributed by atoms with E-state index in [-0.39, 0.29) is 5.56 Å². The van der Waals surface area contributed by atoms with Crippen molar-refractivity contribution in [3.8, 4) is 0 Å². The van der Waals surface area contributed by atoms with Crippen molar-refractivity contribution >= 4 is 0 Å². The first-order chi connectivity index (χ1) is 13.8. The SMILES string of the molecule is O=c1cc2c(nn1CCN1CCN(Cc3noc4c3CCC4)CC1)CCCC2. The van der Waals surface area contributed by atoms with Crippen molar-refractivity contribution in [3.05, 3.63) is 44.7 Å². The van der Waals surface area contributed by atoms with Gasteiger partial charge in [-0.05, 0) is 44.1 Å². The van der Waals surface area contributed by atoms with Crippen LogP contribution >= 0.6 is 0 Å². The van der Waals surface area contributed by atoms with Gasteiger partial charge < -0.3 is 4.52 Å². The average Bonchev–Trinajstić information content (AvgIpc) is 3.33. The van der Waals surface area contributed by atoms with Crippen LogP contribution in [0.25, 0.3) is 0 Å². The van der Waals surface area contributed by atoms with Gasteiger partial charge in [-0.2, -0.15) is 5.10 Å². The van der Waals surface area contributed by atoms with Gasteiger partial charge in [0.25, 0.3) is 5.56 Å². The van der Waals surface area contributed by atoms with E-state index in [0.29, 0.717) is 6.54 Å². The Bertz CT molecular complexity index is 895. The smallest absolute Gasteiger partial charge is 0.267 e. The average molecular weight is 383 g/mol. The lowest BCUT2D eigenvalue weighted by Crippen LogP contribution is -2.47. The summed E-state index contributed by atoms with van der Waals surface area (Å²) in [6.45, 7) is 6.60. The Morgan fingerprint density at radius 1 is 0.929 bits per heavy atom. The Morgan fingerprint density at radius 2 is 1.75 bits per heavy atom. The van der Waals surface area contributed by atoms with Gasteiger partial charge in [-0.3, -0.25) is 14.6 Å². The molecule has 0 unspecified atom stereocenters. The monoisotopic (exact) mass is 383 g/mol. The lowest BCUT2D eigenvalue weighted by atomic mass is 9.97. The highest BCUT2D eigenvalue weighted by atomic mass is 16.5. The molecule has 7 heteroatoms. The summed E-state index contributed by atoms with van der Waals surface area (Å²) in [7, 11) is 0. The molecule has 3 aliphatic rings. The van der Waals surface area contributed by atoms with Crippen LogP contribution in [-0.2, 0) is 38.8 Å². The Morgan fingerprint density at radius 3 is 2.64 bits per heavy atom. The van der Waals surface area contributed by atoms with Crippen molar-refractivity contribution in [2.45, 2.75) is 58.0 Å². The van der Waals surface area contributed by atoms with E-state index in [4.69, 9.17) is 4.52 Å². The number of hydrogen-bond acceptors (Lipinski definition) is 6. The van der Waals surface area contributed by atoms with Crippen LogP contribution in [0.3, 0.4) is 0 Å². The molecular weight excluding hydrogens is 354 g/mol. The minimum Gasteiger partial charge on any atom is -0.361 e. The minimum absolute atomic E-state index is 0.0548. The second-order valence-corrected chi connectivity index (χ2v) is 8.39. The molecule has 2 aromatic rings. The van der Waals surface area contributed by atoms with E-state index < -0.39 is 0 Å². The quantitative estimate of drug-likeness (QED) is 0.778. The van der Waals surface area contributed by atoms with E-state index in [2.05, 4.69) is 20.1 Å². The predicted molar refractivity (Wildman–Crippen MR) is 105 cm³/mol. The first-order valence-electron chi connectivity index (χ1n) is 10.8. The van der Waals surface area contributed by atoms with Gasteiger partial charge in [0.15, 0.2) is 0 Å². The minimum atomic E-state index is 0.0548. The number of fused-ring (bicyclic) bond motifs is 2. The maximum atomic E-state index is 12.3. The Kier molecular flexibility index (Phi) is 5.03. The molecule has 0 atom stereocenters. The van der Waals surface area contributed by atoms with Gasteiger partial charge in [0.1, 0.15) is 11.5 Å². The summed E-state index contributed by atoms with van der Waals surface area (Å²) < 4.78 is 7.16. The summed E-state index contributed by atoms with van der Waals surface area (Å²) in [5, 5.41) is 8.94. The summed E-state index contributed by atoms with van der Waals surface area (Å²) >= 11 is 0. The van der Waals surface area contributed by atoms with Crippen molar-refractivity contribution in [2.75, 3.05) is 32.7 Å². The molecule has 0 bridgehead atoms. The van der Waals surface area contributed by atoms with Crippen molar-refractivity contribution in [2.24, 2.45) is 0 Å². The van der Waals surface area contributed by atoms with Gasteiger partial charge in [-0.25, -0.2) is 4.68 Å². The van der Waals surface area contributed by atoms with Crippen molar-refractivity contribution in [3.63, 3.8) is 0 Å². The van der Waals surface area contributed by atoms with Crippen LogP contribution in [0.2, 0.25) is 0 Å². The van der Waals surface area contributed by atoms with Gasteiger partial charge in [-0.15, -0.1) is 0 Å². The maximum absolute atomic E-state index is 12.3. The number of nitrogens with zero attached hydrogens (tertiary/aromatic N) is 5. The van der Waals surface area contributed by atoms with E-state index >= 15 is 0 Å². The fourth-order valence-corrected chi connectivity index (χ4v) is 4.79. The third-order valence-corrected chi connectivity index (χ3v) is 6.52. The van der Waals surface area contributed by atoms with Gasteiger partial charge in [0.05, 0.1) is 12.2 Å². The summed E-state index contributed by atoms with van der Waals surface area (Å²) in [5.74, 6) is 1.11. The molecule has 28 heavy (non-hydrogen) atoms. The lowest BCUT2D eigenvalue weighted by Gasteiger charge is -2.34. The van der Waals surface area contributed by atoms with Gasteiger partial charge in [0.2, 0.25) is 0 Å². The first-order valence-corrected chi connectivity index (χ1v) is 10.8. The Hall–Kier alpha value is -1.99. The fourth-order valence-electron chi connectivity index (χ4n) is 4.79. The zero-order chi connectivity index (χ0) is 18.9. The second-order valence-electron chi connectivity index (χ2n) is 8.39. The maximum Gasteiger partial charge on any atom is 0.267 e. The summed E-state index contributed by atoms with van der Waals surface area (Å²) in [5.41, 5.74) is 4.86. The van der Waals surface area contributed by atoms with Crippen LogP contribution < -0.4 is 5.56 Å². The second kappa shape index (κ2) is 7.79. The first kappa shape index (κ1) is 18.1. The third-order valence-electron chi connectivity index (χ3n) is 6.52. The van der Waals surface area contributed by atoms with E-state index in [9.17, 15) is 4.79 Å². The summed E-state index contributed by atoms with van der Waals surface area (Å²) in [6, 6.07) is 1.82. The fraction of sp³-hybridized carbons (Fsp3) is 0.667. The molecule has 5 rings (SSSR count). The van der Waals surface area contributed by atoms with Crippen LogP contribution in [0.4, 0.5) is 0 Å². The molecule has 0 spiro atoms. The highest BCUT2D eigenvalue weighted by molar-refractivity contribution is 5.27. The highest BCUT2D eigenvalue weighted by Crippen LogP contribution is 2.26. The Balaban J connectivity index is 1.13. The van der Waals surface area contributed by atoms with Crippen LogP contribution in [0.5, 0.6) is 0 Å². The number of aryl methyl sites for hydroxylation is 3. The van der Waals surface area contributed by atoms with Crippen LogP contribution in [0, 0.1) is 0 Å². The zero-order valence-corrected chi connectivity index (χ0v) is 16.5. The van der Waals surface area contributed by atoms with E-state index in [0.717, 1.165) is 82.1 Å². The number of aromatic nitrogens is 3. The number of hydrogen-bond donors (Lipinski definition) is 0. The van der Waals surface area contributed by atoms with Crippen molar-refractivity contribution < 1.29 is 4.52 Å². The van der Waals surface area contributed by atoms with E-state index in [1.54, 1.807) is 4.68 Å². The molecule has 0 radical (unpaired) electrons. The normalized spacial score (nSPS) is 20.3. The van der Waals surface area contributed by atoms with Crippen molar-refractivity contribution in [1.82, 2.24) is 24.7 Å². The molecular formula is C21H29N5O2. The summed E-state index contributed by atoms with van der Waals surface area (Å²) in [6.07, 6.45) is 7.76. The zero-order valence-electron chi connectivity index (χ0n) is 16.5. The standard InChI is InChI=1S/C21H29N5O2/c27-21-14-16-4-1-2-6-18(16)22-26(21)13-12-24-8-10-25(11-9-24)15-19-17-5-3-7-20(17)28-23-19/h14H,1-13,15H2. The molecule has 2 aromatic heterocycles. The molecule has 1 aliphatic heterocycles. The van der Waals surface area contributed by atoms with Gasteiger partial charge in [0, 0.05) is 57.3 Å². The van der Waals surface area contributed by atoms with Crippen molar-refractivity contribution in [1.29, 1.82) is 0 Å².